The average molecular weight is 328 g/mol. The van der Waals surface area contributed by atoms with Crippen LogP contribution in [0.4, 0.5) is 0 Å². The summed E-state index contributed by atoms with van der Waals surface area (Å²) in [5, 5.41) is 12.4. The minimum Gasteiger partial charge on any atom is -0.468 e. The van der Waals surface area contributed by atoms with Crippen LogP contribution in [0.25, 0.3) is 0 Å². The van der Waals surface area contributed by atoms with E-state index in [0.717, 1.165) is 17.8 Å². The third kappa shape index (κ3) is 0.982. The Morgan fingerprint density at radius 1 is 0.917 bits per heavy atom. The van der Waals surface area contributed by atoms with Gasteiger partial charge >= 0.3 is 5.97 Å². The Morgan fingerprint density at radius 3 is 2.50 bits per heavy atom. The first-order valence-electron chi connectivity index (χ1n) is 10.5. The average Bonchev–Trinajstić information content (AvgIpc) is 3.30. The molecular weight excluding hydrogens is 300 g/mol. The fraction of sp³-hybridized carbons (Fsp3) is 0.952. The molecule has 3 heteroatoms. The molecule has 7 rings (SSSR count). The third-order valence-corrected chi connectivity index (χ3v) is 10.9. The van der Waals surface area contributed by atoms with Crippen molar-refractivity contribution in [2.75, 3.05) is 7.11 Å². The highest BCUT2D eigenvalue weighted by Crippen LogP contribution is 2.86. The lowest BCUT2D eigenvalue weighted by Gasteiger charge is -2.63. The first-order chi connectivity index (χ1) is 11.7. The highest BCUT2D eigenvalue weighted by Gasteiger charge is 2.89. The van der Waals surface area contributed by atoms with Crippen LogP contribution in [0.5, 0.6) is 0 Å². The molecule has 0 spiro atoms. The molecule has 0 radical (unpaired) electrons. The summed E-state index contributed by atoms with van der Waals surface area (Å²) < 4.78 is 5.50. The Kier molecular flexibility index (Phi) is 2.12. The molecule has 7 aliphatic carbocycles. The van der Waals surface area contributed by atoms with E-state index in [9.17, 15) is 9.90 Å². The molecule has 130 valence electrons. The maximum absolute atomic E-state index is 13.4. The van der Waals surface area contributed by atoms with Gasteiger partial charge in [-0.05, 0) is 97.7 Å². The number of hydrogen-bond donors (Lipinski definition) is 1. The monoisotopic (exact) mass is 328 g/mol. The molecule has 0 aromatic heterocycles. The van der Waals surface area contributed by atoms with Gasteiger partial charge in [-0.3, -0.25) is 4.79 Å². The number of ether oxygens (including phenoxy) is 1. The third-order valence-electron chi connectivity index (χ3n) is 10.9. The molecule has 0 saturated heterocycles. The molecule has 7 fully saturated rings. The Morgan fingerprint density at radius 2 is 1.67 bits per heavy atom. The lowest BCUT2D eigenvalue weighted by molar-refractivity contribution is -0.257. The largest absolute Gasteiger partial charge is 0.468 e. The van der Waals surface area contributed by atoms with Crippen LogP contribution >= 0.6 is 0 Å². The first-order valence-corrected chi connectivity index (χ1v) is 10.5. The molecule has 7 aliphatic rings. The number of methoxy groups -OCH3 is 1. The molecular formula is C21H28O3. The summed E-state index contributed by atoms with van der Waals surface area (Å²) in [4.78, 5) is 13.4. The lowest BCUT2D eigenvalue weighted by atomic mass is 9.42. The van der Waals surface area contributed by atoms with Crippen LogP contribution in [0.3, 0.4) is 0 Å². The van der Waals surface area contributed by atoms with E-state index < -0.39 is 11.0 Å². The smallest absolute Gasteiger partial charge is 0.315 e. The van der Waals surface area contributed by atoms with Crippen LogP contribution in [0.2, 0.25) is 0 Å². The van der Waals surface area contributed by atoms with E-state index in [1.807, 2.05) is 0 Å². The van der Waals surface area contributed by atoms with Gasteiger partial charge in [-0.25, -0.2) is 0 Å². The zero-order valence-electron chi connectivity index (χ0n) is 14.5. The van der Waals surface area contributed by atoms with Crippen LogP contribution in [-0.4, -0.2) is 23.8 Å². The lowest BCUT2D eigenvalue weighted by Crippen LogP contribution is -2.71. The number of fused-ring (bicyclic) bond motifs is 4. The zero-order chi connectivity index (χ0) is 16.0. The quantitative estimate of drug-likeness (QED) is 0.753. The van der Waals surface area contributed by atoms with Gasteiger partial charge in [0.15, 0.2) is 0 Å². The summed E-state index contributed by atoms with van der Waals surface area (Å²) >= 11 is 0. The highest BCUT2D eigenvalue weighted by molar-refractivity contribution is 5.81. The topological polar surface area (TPSA) is 46.5 Å². The predicted molar refractivity (Wildman–Crippen MR) is 86.6 cm³/mol. The van der Waals surface area contributed by atoms with Crippen LogP contribution < -0.4 is 0 Å². The predicted octanol–water partition coefficient (Wildman–Crippen LogP) is 2.86. The second-order valence-corrected chi connectivity index (χ2v) is 10.4. The normalized spacial score (nSPS) is 69.4. The molecule has 0 aliphatic heterocycles. The van der Waals surface area contributed by atoms with Gasteiger partial charge in [-0.1, -0.05) is 6.42 Å². The molecule has 0 amide bonds. The minimum atomic E-state index is -0.719. The van der Waals surface area contributed by atoms with E-state index in [-0.39, 0.29) is 5.97 Å². The van der Waals surface area contributed by atoms with Gasteiger partial charge < -0.3 is 9.84 Å². The molecule has 0 aromatic rings. The molecule has 7 saturated carbocycles. The van der Waals surface area contributed by atoms with Crippen molar-refractivity contribution >= 4 is 5.97 Å². The van der Waals surface area contributed by atoms with Gasteiger partial charge in [0.05, 0.1) is 12.7 Å². The molecule has 3 nitrogen and oxygen atoms in total. The van der Waals surface area contributed by atoms with Crippen molar-refractivity contribution in [1.82, 2.24) is 0 Å². The molecule has 12 atom stereocenters. The SMILES string of the molecule is COC(=O)[C@]12[C@H]3C[C@@H]([C@@H]4CCC[C@@H]43)[C@H]3[C@@H]4C[C@H]1[C@H]1CC[C@@H]([C@H]41)[C@]32O. The van der Waals surface area contributed by atoms with E-state index in [1.165, 1.54) is 44.9 Å². The number of aliphatic hydroxyl groups is 1. The van der Waals surface area contributed by atoms with Gasteiger partial charge in [0.25, 0.3) is 0 Å². The van der Waals surface area contributed by atoms with Crippen molar-refractivity contribution in [3.8, 4) is 0 Å². The van der Waals surface area contributed by atoms with Crippen LogP contribution in [0, 0.1) is 64.6 Å². The molecule has 0 heterocycles. The maximum atomic E-state index is 13.4. The number of esters is 1. The molecule has 7 bridgehead atoms. The number of carbonyl (C=O) groups excluding carboxylic acids is 1. The Labute approximate surface area is 143 Å². The van der Waals surface area contributed by atoms with Crippen molar-refractivity contribution in [1.29, 1.82) is 0 Å². The molecule has 1 N–H and O–H groups in total. The van der Waals surface area contributed by atoms with Crippen molar-refractivity contribution in [3.63, 3.8) is 0 Å². The zero-order valence-corrected chi connectivity index (χ0v) is 14.5. The summed E-state index contributed by atoms with van der Waals surface area (Å²) in [6.07, 6.45) is 8.86. The van der Waals surface area contributed by atoms with Crippen LogP contribution in [0.1, 0.15) is 44.9 Å². The van der Waals surface area contributed by atoms with E-state index in [4.69, 9.17) is 4.74 Å². The standard InChI is InChI=1S/C21H28O3/c1-24-19(22)20-15-7-12(9-3-2-4-10(9)15)18-13-8-16(20)11-5-6-14(17(11)13)21(18,20)23/h9-18,23H,2-8H2,1H3/t9-,10+,11-,12+,13-,14+,15+,16+,17+,18+,20+,21+/m1/s1. The van der Waals surface area contributed by atoms with Crippen molar-refractivity contribution in [2.24, 2.45) is 64.6 Å². The van der Waals surface area contributed by atoms with Gasteiger partial charge in [0.2, 0.25) is 0 Å². The summed E-state index contributed by atoms with van der Waals surface area (Å²) in [6, 6.07) is 0. The molecule has 0 unspecified atom stereocenters. The van der Waals surface area contributed by atoms with Crippen molar-refractivity contribution < 1.29 is 14.6 Å². The van der Waals surface area contributed by atoms with Gasteiger partial charge in [0.1, 0.15) is 5.41 Å². The minimum absolute atomic E-state index is 0.0216. The number of carbonyl (C=O) groups is 1. The van der Waals surface area contributed by atoms with Crippen molar-refractivity contribution in [3.05, 3.63) is 0 Å². The summed E-state index contributed by atoms with van der Waals surface area (Å²) in [5.74, 6) is 6.01. The van der Waals surface area contributed by atoms with Crippen LogP contribution in [-0.2, 0) is 9.53 Å². The Hall–Kier alpha value is -0.570. The first kappa shape index (κ1) is 13.6. The summed E-state index contributed by atoms with van der Waals surface area (Å²) in [5.41, 5.74) is -1.26. The molecule has 24 heavy (non-hydrogen) atoms. The summed E-state index contributed by atoms with van der Waals surface area (Å²) in [7, 11) is 1.57. The maximum Gasteiger partial charge on any atom is 0.315 e. The second kappa shape index (κ2) is 3.75. The molecule has 0 aromatic carbocycles. The van der Waals surface area contributed by atoms with Gasteiger partial charge in [-0.2, -0.15) is 0 Å². The Balaban J connectivity index is 1.55. The second-order valence-electron chi connectivity index (χ2n) is 10.4. The fourth-order valence-electron chi connectivity index (χ4n) is 11.1. The fourth-order valence-corrected chi connectivity index (χ4v) is 11.1. The van der Waals surface area contributed by atoms with E-state index >= 15 is 0 Å². The highest BCUT2D eigenvalue weighted by atomic mass is 16.5. The van der Waals surface area contributed by atoms with Crippen LogP contribution in [0.15, 0.2) is 0 Å². The van der Waals surface area contributed by atoms with Gasteiger partial charge in [-0.15, -0.1) is 0 Å². The number of hydrogen-bond acceptors (Lipinski definition) is 3. The van der Waals surface area contributed by atoms with E-state index in [0.29, 0.717) is 41.4 Å². The Bertz CT molecular complexity index is 659. The van der Waals surface area contributed by atoms with E-state index in [2.05, 4.69) is 0 Å². The van der Waals surface area contributed by atoms with E-state index in [1.54, 1.807) is 7.11 Å². The summed E-state index contributed by atoms with van der Waals surface area (Å²) in [6.45, 7) is 0. The van der Waals surface area contributed by atoms with Gasteiger partial charge in [0, 0.05) is 0 Å². The number of rotatable bonds is 1. The van der Waals surface area contributed by atoms with Crippen molar-refractivity contribution in [2.45, 2.75) is 50.5 Å².